The maximum atomic E-state index is 12.0. The van der Waals surface area contributed by atoms with Gasteiger partial charge >= 0.3 is 0 Å². The maximum Gasteiger partial charge on any atom is 0.267 e. The van der Waals surface area contributed by atoms with Crippen LogP contribution in [-0.4, -0.2) is 23.5 Å². The molecule has 1 amide bonds. The van der Waals surface area contributed by atoms with Crippen molar-refractivity contribution in [3.05, 3.63) is 68.1 Å². The molecule has 5 nitrogen and oxygen atoms in total. The number of pyridine rings is 1. The number of carbonyl (C=O) groups excluding carboxylic acids is 1. The highest BCUT2D eigenvalue weighted by Crippen LogP contribution is 2.31. The molecule has 0 unspecified atom stereocenters. The molecule has 29 heavy (non-hydrogen) atoms. The van der Waals surface area contributed by atoms with Gasteiger partial charge in [-0.1, -0.05) is 49.2 Å². The normalized spacial score (nSPS) is 16.9. The van der Waals surface area contributed by atoms with Gasteiger partial charge in [0.1, 0.15) is 10.8 Å². The molecular weight excluding hydrogens is 411 g/mol. The Labute approximate surface area is 180 Å². The van der Waals surface area contributed by atoms with E-state index in [-0.39, 0.29) is 22.5 Å². The number of hydrogen-bond donors (Lipinski definition) is 2. The van der Waals surface area contributed by atoms with Crippen LogP contribution in [0.25, 0.3) is 5.57 Å². The molecule has 0 bridgehead atoms. The first kappa shape index (κ1) is 21.5. The molecule has 1 fully saturated rings. The summed E-state index contributed by atoms with van der Waals surface area (Å²) in [5, 5.41) is 3.53. The summed E-state index contributed by atoms with van der Waals surface area (Å²) in [4.78, 5) is 26.4. The van der Waals surface area contributed by atoms with E-state index in [1.54, 1.807) is 12.1 Å². The van der Waals surface area contributed by atoms with Gasteiger partial charge in [-0.15, -0.1) is 0 Å². The minimum atomic E-state index is -0.370. The predicted molar refractivity (Wildman–Crippen MR) is 117 cm³/mol. The predicted octanol–water partition coefficient (Wildman–Crippen LogP) is 4.82. The van der Waals surface area contributed by atoms with Gasteiger partial charge in [-0.3, -0.25) is 9.59 Å². The molecule has 1 atom stereocenters. The Bertz CT molecular complexity index is 982. The first-order valence-electron chi connectivity index (χ1n) is 9.66. The van der Waals surface area contributed by atoms with Crippen LogP contribution in [0.1, 0.15) is 44.4 Å². The molecular formula is C22H24Cl2N2O3. The van der Waals surface area contributed by atoms with Crippen LogP contribution in [0.3, 0.4) is 0 Å². The van der Waals surface area contributed by atoms with E-state index < -0.39 is 0 Å². The number of benzene rings is 1. The summed E-state index contributed by atoms with van der Waals surface area (Å²) < 4.78 is 5.79. The molecule has 2 heterocycles. The molecule has 1 aromatic heterocycles. The van der Waals surface area contributed by atoms with Crippen LogP contribution in [0, 0.1) is 5.92 Å². The van der Waals surface area contributed by atoms with Crippen LogP contribution < -0.4 is 15.6 Å². The van der Waals surface area contributed by atoms with Crippen LogP contribution in [0.15, 0.2) is 41.2 Å². The SMILES string of the molecule is CC(C)CCOc1ccc(/C(=C/[C@H]2CCC(=O)N2)c2ccc(Cl)c(=O)[nH]2)cc1Cl. The number of amides is 1. The van der Waals surface area contributed by atoms with Gasteiger partial charge < -0.3 is 15.0 Å². The lowest BCUT2D eigenvalue weighted by Crippen LogP contribution is -2.23. The average molecular weight is 435 g/mol. The van der Waals surface area contributed by atoms with Gasteiger partial charge in [-0.2, -0.15) is 0 Å². The summed E-state index contributed by atoms with van der Waals surface area (Å²) in [5.41, 5.74) is 1.81. The van der Waals surface area contributed by atoms with Gasteiger partial charge in [0, 0.05) is 23.7 Å². The number of aromatic nitrogens is 1. The summed E-state index contributed by atoms with van der Waals surface area (Å²) in [6.45, 7) is 4.87. The minimum Gasteiger partial charge on any atom is -0.492 e. The topological polar surface area (TPSA) is 71.2 Å². The highest BCUT2D eigenvalue weighted by molar-refractivity contribution is 6.32. The number of H-pyrrole nitrogens is 1. The van der Waals surface area contributed by atoms with E-state index in [2.05, 4.69) is 24.1 Å². The summed E-state index contributed by atoms with van der Waals surface area (Å²) in [6, 6.07) is 8.72. The lowest BCUT2D eigenvalue weighted by atomic mass is 9.99. The molecule has 1 aliphatic heterocycles. The quantitative estimate of drug-likeness (QED) is 0.655. The van der Waals surface area contributed by atoms with Crippen LogP contribution >= 0.6 is 23.2 Å². The van der Waals surface area contributed by atoms with Crippen LogP contribution in [0.2, 0.25) is 10.0 Å². The maximum absolute atomic E-state index is 12.0. The van der Waals surface area contributed by atoms with E-state index in [9.17, 15) is 9.59 Å². The second kappa shape index (κ2) is 9.51. The van der Waals surface area contributed by atoms with E-state index in [4.69, 9.17) is 27.9 Å². The number of carbonyl (C=O) groups is 1. The molecule has 0 spiro atoms. The van der Waals surface area contributed by atoms with Gasteiger partial charge in [0.25, 0.3) is 5.56 Å². The van der Waals surface area contributed by atoms with Crippen molar-refractivity contribution in [1.29, 1.82) is 0 Å². The molecule has 1 saturated heterocycles. The van der Waals surface area contributed by atoms with Crippen molar-refractivity contribution in [2.24, 2.45) is 5.92 Å². The van der Waals surface area contributed by atoms with Crippen molar-refractivity contribution in [1.82, 2.24) is 10.3 Å². The largest absolute Gasteiger partial charge is 0.492 e. The molecule has 0 aliphatic carbocycles. The first-order chi connectivity index (χ1) is 13.8. The lowest BCUT2D eigenvalue weighted by molar-refractivity contribution is -0.119. The van der Waals surface area contributed by atoms with E-state index in [1.807, 2.05) is 24.3 Å². The van der Waals surface area contributed by atoms with Crippen molar-refractivity contribution in [2.75, 3.05) is 6.61 Å². The van der Waals surface area contributed by atoms with Gasteiger partial charge in [0.05, 0.1) is 11.6 Å². The number of aromatic amines is 1. The fraction of sp³-hybridized carbons (Fsp3) is 0.364. The molecule has 1 aromatic carbocycles. The monoisotopic (exact) mass is 434 g/mol. The molecule has 7 heteroatoms. The lowest BCUT2D eigenvalue weighted by Gasteiger charge is -2.14. The Morgan fingerprint density at radius 1 is 1.21 bits per heavy atom. The van der Waals surface area contributed by atoms with Crippen molar-refractivity contribution < 1.29 is 9.53 Å². The van der Waals surface area contributed by atoms with Crippen molar-refractivity contribution in [3.8, 4) is 5.75 Å². The molecule has 0 radical (unpaired) electrons. The fourth-order valence-corrected chi connectivity index (χ4v) is 3.45. The molecule has 2 aromatic rings. The zero-order chi connectivity index (χ0) is 21.0. The average Bonchev–Trinajstić information content (AvgIpc) is 3.08. The Morgan fingerprint density at radius 3 is 2.62 bits per heavy atom. The summed E-state index contributed by atoms with van der Waals surface area (Å²) >= 11 is 12.3. The van der Waals surface area contributed by atoms with E-state index >= 15 is 0 Å². The second-order valence-electron chi connectivity index (χ2n) is 7.52. The Balaban J connectivity index is 1.94. The molecule has 0 saturated carbocycles. The van der Waals surface area contributed by atoms with Crippen molar-refractivity contribution in [3.63, 3.8) is 0 Å². The van der Waals surface area contributed by atoms with Crippen LogP contribution in [-0.2, 0) is 4.79 Å². The molecule has 3 rings (SSSR count). The summed E-state index contributed by atoms with van der Waals surface area (Å²) in [7, 11) is 0. The van der Waals surface area contributed by atoms with E-state index in [0.717, 1.165) is 17.6 Å². The number of halogens is 2. The standard InChI is InChI=1S/C22H24Cl2N2O3/c1-13(2)9-10-29-20-7-3-14(11-18(20)24)16(12-15-4-8-21(27)25-15)19-6-5-17(23)22(28)26-19/h3,5-7,11-13,15H,4,8-10H2,1-2H3,(H,25,27)(H,26,28)/b16-12-/t15-/m1/s1. The summed E-state index contributed by atoms with van der Waals surface area (Å²) in [6.07, 6.45) is 4.06. The van der Waals surface area contributed by atoms with Crippen molar-refractivity contribution >= 4 is 34.7 Å². The van der Waals surface area contributed by atoms with Crippen molar-refractivity contribution in [2.45, 2.75) is 39.2 Å². The zero-order valence-electron chi connectivity index (χ0n) is 16.4. The third-order valence-electron chi connectivity index (χ3n) is 4.74. The van der Waals surface area contributed by atoms with Gasteiger partial charge in [0.2, 0.25) is 5.91 Å². The van der Waals surface area contributed by atoms with E-state index in [1.165, 1.54) is 0 Å². The smallest absolute Gasteiger partial charge is 0.267 e. The van der Waals surface area contributed by atoms with Gasteiger partial charge in [0.15, 0.2) is 0 Å². The van der Waals surface area contributed by atoms with Gasteiger partial charge in [-0.05, 0) is 48.6 Å². The minimum absolute atomic E-state index is 0.0159. The number of hydrogen-bond acceptors (Lipinski definition) is 3. The number of rotatable bonds is 7. The third-order valence-corrected chi connectivity index (χ3v) is 5.34. The fourth-order valence-electron chi connectivity index (χ4n) is 3.11. The number of ether oxygens (including phenoxy) is 1. The Hall–Kier alpha value is -2.24. The highest BCUT2D eigenvalue weighted by atomic mass is 35.5. The summed E-state index contributed by atoms with van der Waals surface area (Å²) in [5.74, 6) is 1.18. The molecule has 154 valence electrons. The third kappa shape index (κ3) is 5.64. The van der Waals surface area contributed by atoms with Crippen LogP contribution in [0.5, 0.6) is 5.75 Å². The number of nitrogens with one attached hydrogen (secondary N) is 2. The van der Waals surface area contributed by atoms with E-state index in [0.29, 0.717) is 41.8 Å². The molecule has 1 aliphatic rings. The second-order valence-corrected chi connectivity index (χ2v) is 8.33. The van der Waals surface area contributed by atoms with Gasteiger partial charge in [-0.25, -0.2) is 0 Å². The zero-order valence-corrected chi connectivity index (χ0v) is 17.9. The Morgan fingerprint density at radius 2 is 2.00 bits per heavy atom. The molecule has 2 N–H and O–H groups in total. The first-order valence-corrected chi connectivity index (χ1v) is 10.4. The highest BCUT2D eigenvalue weighted by Gasteiger charge is 2.21. The van der Waals surface area contributed by atoms with Crippen LogP contribution in [0.4, 0.5) is 0 Å². The Kier molecular flexibility index (Phi) is 7.04.